The lowest BCUT2D eigenvalue weighted by Gasteiger charge is -2.25. The molecule has 4 aromatic rings. The minimum atomic E-state index is -5.17. The summed E-state index contributed by atoms with van der Waals surface area (Å²) in [6, 6.07) is 11.3. The number of carbonyl (C=O) groups is 1. The van der Waals surface area contributed by atoms with Crippen molar-refractivity contribution in [2.75, 3.05) is 14.2 Å². The van der Waals surface area contributed by atoms with Gasteiger partial charge in [-0.2, -0.15) is 16.8 Å². The van der Waals surface area contributed by atoms with Crippen molar-refractivity contribution in [3.05, 3.63) is 53.6 Å². The van der Waals surface area contributed by atoms with Gasteiger partial charge in [0.15, 0.2) is 10.6 Å². The summed E-state index contributed by atoms with van der Waals surface area (Å²) in [6.45, 7) is -0.0465. The highest BCUT2D eigenvalue weighted by atomic mass is 32.3. The number of carboxylic acid groups (broad SMARTS) is 1. The number of nitrogens with two attached hydrogens (primary N) is 1. The van der Waals surface area contributed by atoms with Crippen molar-refractivity contribution in [2.45, 2.75) is 11.4 Å². The van der Waals surface area contributed by atoms with Gasteiger partial charge in [0.1, 0.15) is 11.5 Å². The summed E-state index contributed by atoms with van der Waals surface area (Å²) in [7, 11) is -6.16. The predicted octanol–water partition coefficient (Wildman–Crippen LogP) is 3.07. The van der Waals surface area contributed by atoms with Crippen LogP contribution < -0.4 is 19.4 Å². The Hall–Kier alpha value is -4.05. The summed E-state index contributed by atoms with van der Waals surface area (Å²) in [5.74, 6) is -0.132. The number of benzene rings is 3. The molecule has 4 N–H and O–H groups in total. The van der Waals surface area contributed by atoms with Crippen LogP contribution in [0.25, 0.3) is 32.9 Å². The van der Waals surface area contributed by atoms with Gasteiger partial charge in [-0.15, -0.1) is 0 Å². The Kier molecular flexibility index (Phi) is 6.88. The SMILES string of the molecule is COc1ccc2c(C(=O)O)c3cc(OC)c(-c4cccc5c4S(=O)(=O)O5)c(CN)c3nc2c1.O=S(=O)(O)F. The molecule has 38 heavy (non-hydrogen) atoms. The molecule has 5 rings (SSSR count). The average Bonchev–Trinajstić information content (AvgIpc) is 2.83. The van der Waals surface area contributed by atoms with Crippen molar-refractivity contribution in [1.29, 1.82) is 0 Å². The van der Waals surface area contributed by atoms with Gasteiger partial charge in [0, 0.05) is 40.1 Å². The number of hydrogen-bond donors (Lipinski definition) is 3. The van der Waals surface area contributed by atoms with Crippen LogP contribution in [0.4, 0.5) is 3.89 Å². The van der Waals surface area contributed by atoms with Gasteiger partial charge < -0.3 is 24.5 Å². The van der Waals surface area contributed by atoms with E-state index >= 15 is 0 Å². The Morgan fingerprint density at radius 2 is 1.82 bits per heavy atom. The largest absolute Gasteiger partial charge is 0.497 e. The second-order valence-electron chi connectivity index (χ2n) is 7.79. The third-order valence-electron chi connectivity index (χ3n) is 5.68. The van der Waals surface area contributed by atoms with Gasteiger partial charge in [0.25, 0.3) is 0 Å². The quantitative estimate of drug-likeness (QED) is 0.139. The molecular weight excluding hydrogens is 547 g/mol. The van der Waals surface area contributed by atoms with E-state index in [-0.39, 0.29) is 28.5 Å². The molecule has 200 valence electrons. The molecule has 1 aliphatic rings. The van der Waals surface area contributed by atoms with E-state index < -0.39 is 26.6 Å². The van der Waals surface area contributed by atoms with Crippen LogP contribution in [0.5, 0.6) is 17.2 Å². The van der Waals surface area contributed by atoms with Crippen molar-refractivity contribution in [3.63, 3.8) is 0 Å². The molecule has 2 heterocycles. The number of aromatic carboxylic acids is 1. The fourth-order valence-electron chi connectivity index (χ4n) is 4.27. The van der Waals surface area contributed by atoms with Crippen molar-refractivity contribution in [2.24, 2.45) is 5.73 Å². The zero-order valence-corrected chi connectivity index (χ0v) is 21.3. The van der Waals surface area contributed by atoms with Crippen molar-refractivity contribution in [3.8, 4) is 28.4 Å². The van der Waals surface area contributed by atoms with Crippen LogP contribution in [0, 0.1) is 0 Å². The molecule has 0 amide bonds. The second-order valence-corrected chi connectivity index (χ2v) is 10.1. The fraction of sp³-hybridized carbons (Fsp3) is 0.130. The third kappa shape index (κ3) is 4.79. The van der Waals surface area contributed by atoms with E-state index in [1.165, 1.54) is 14.2 Å². The summed E-state index contributed by atoms with van der Waals surface area (Å²) in [5, 5.41) is 10.8. The van der Waals surface area contributed by atoms with Crippen molar-refractivity contribution < 1.29 is 48.8 Å². The van der Waals surface area contributed by atoms with Crippen LogP contribution in [0.3, 0.4) is 0 Å². The lowest BCUT2D eigenvalue weighted by molar-refractivity contribution is 0.0701. The Morgan fingerprint density at radius 3 is 2.37 bits per heavy atom. The number of rotatable bonds is 5. The summed E-state index contributed by atoms with van der Waals surface area (Å²) in [4.78, 5) is 17.0. The number of hydrogen-bond acceptors (Lipinski definition) is 10. The first-order chi connectivity index (χ1) is 17.8. The number of aromatic nitrogens is 1. The number of nitrogens with zero attached hydrogens (tertiary/aromatic N) is 1. The Labute approximate surface area is 215 Å². The number of fused-ring (bicyclic) bond motifs is 3. The summed E-state index contributed by atoms with van der Waals surface area (Å²) < 4.78 is 74.5. The van der Waals surface area contributed by atoms with Gasteiger partial charge in [-0.1, -0.05) is 16.0 Å². The first-order valence-electron chi connectivity index (χ1n) is 10.5. The standard InChI is InChI=1S/C23H18N2O7S.FHO3S/c1-30-11-6-7-12-16(8-11)25-21-14(20(12)23(26)27)9-18(31-2)19(15(21)10-24)13-4-3-5-17-22(13)33(28,29)32-17;1-5(2,3)4/h3-9H,10,24H2,1-2H3,(H,26,27);(H,2,3,4). The topological polar surface area (TPSA) is 192 Å². The zero-order chi connectivity index (χ0) is 28.0. The second kappa shape index (κ2) is 9.68. The number of halogens is 1. The lowest BCUT2D eigenvalue weighted by atomic mass is 9.92. The predicted molar refractivity (Wildman–Crippen MR) is 133 cm³/mol. The smallest absolute Gasteiger partial charge is 0.435 e. The highest BCUT2D eigenvalue weighted by molar-refractivity contribution is 7.88. The fourth-order valence-corrected chi connectivity index (χ4v) is 5.41. The first-order valence-corrected chi connectivity index (χ1v) is 13.2. The Balaban J connectivity index is 0.000000617. The molecule has 12 nitrogen and oxygen atoms in total. The van der Waals surface area contributed by atoms with Gasteiger partial charge in [0.05, 0.1) is 30.8 Å². The van der Waals surface area contributed by atoms with Gasteiger partial charge in [0.2, 0.25) is 0 Å². The van der Waals surface area contributed by atoms with Crippen molar-refractivity contribution in [1.82, 2.24) is 4.98 Å². The van der Waals surface area contributed by atoms with Gasteiger partial charge in [-0.25, -0.2) is 9.78 Å². The number of methoxy groups -OCH3 is 2. The minimum absolute atomic E-state index is 0.0262. The Morgan fingerprint density at radius 1 is 1.13 bits per heavy atom. The first kappa shape index (κ1) is 27.0. The summed E-state index contributed by atoms with van der Waals surface area (Å²) >= 11 is 0. The molecule has 0 saturated carbocycles. The molecule has 15 heteroatoms. The van der Waals surface area contributed by atoms with Crippen LogP contribution >= 0.6 is 0 Å². The number of ether oxygens (including phenoxy) is 2. The molecule has 1 aliphatic heterocycles. The van der Waals surface area contributed by atoms with Crippen LogP contribution in [0.15, 0.2) is 47.4 Å². The number of pyridine rings is 1. The summed E-state index contributed by atoms with van der Waals surface area (Å²) in [6.07, 6.45) is 0. The van der Waals surface area contributed by atoms with E-state index in [1.54, 1.807) is 42.5 Å². The molecule has 0 fully saturated rings. The maximum Gasteiger partial charge on any atom is 0.435 e. The van der Waals surface area contributed by atoms with E-state index in [4.69, 9.17) is 37.3 Å². The van der Waals surface area contributed by atoms with Crippen LogP contribution in [0.2, 0.25) is 0 Å². The van der Waals surface area contributed by atoms with Crippen LogP contribution in [0.1, 0.15) is 15.9 Å². The third-order valence-corrected chi connectivity index (χ3v) is 7.00. The van der Waals surface area contributed by atoms with E-state index in [0.717, 1.165) is 0 Å². The maximum absolute atomic E-state index is 12.4. The highest BCUT2D eigenvalue weighted by Crippen LogP contribution is 2.48. The zero-order valence-electron chi connectivity index (χ0n) is 19.6. The van der Waals surface area contributed by atoms with Crippen LogP contribution in [-0.2, 0) is 27.2 Å². The van der Waals surface area contributed by atoms with E-state index in [2.05, 4.69) is 0 Å². The molecule has 0 unspecified atom stereocenters. The maximum atomic E-state index is 12.4. The molecule has 3 aromatic carbocycles. The van der Waals surface area contributed by atoms with Crippen LogP contribution in [-0.4, -0.2) is 51.7 Å². The molecule has 0 radical (unpaired) electrons. The van der Waals surface area contributed by atoms with E-state index in [1.807, 2.05) is 0 Å². The van der Waals surface area contributed by atoms with E-state index in [0.29, 0.717) is 44.2 Å². The Bertz CT molecular complexity index is 1830. The molecule has 0 spiro atoms. The molecule has 0 atom stereocenters. The van der Waals surface area contributed by atoms with Gasteiger partial charge in [-0.3, -0.25) is 4.55 Å². The lowest BCUT2D eigenvalue weighted by Crippen LogP contribution is -2.22. The van der Waals surface area contributed by atoms with Crippen molar-refractivity contribution >= 4 is 48.4 Å². The normalized spacial score (nSPS) is 13.5. The minimum Gasteiger partial charge on any atom is -0.497 e. The molecule has 1 aromatic heterocycles. The monoisotopic (exact) mass is 566 g/mol. The number of carboxylic acids is 1. The molecule has 0 aliphatic carbocycles. The van der Waals surface area contributed by atoms with E-state index in [9.17, 15) is 22.2 Å². The molecule has 0 saturated heterocycles. The highest BCUT2D eigenvalue weighted by Gasteiger charge is 2.38. The van der Waals surface area contributed by atoms with Gasteiger partial charge >= 0.3 is 26.6 Å². The average molecular weight is 567 g/mol. The molecular formula is C23H19FN2O10S2. The summed E-state index contributed by atoms with van der Waals surface area (Å²) in [5.41, 5.74) is 8.12. The van der Waals surface area contributed by atoms with Gasteiger partial charge in [-0.05, 0) is 24.3 Å². The molecule has 0 bridgehead atoms.